The molecule has 0 heterocycles. The Hall–Kier alpha value is -1.65. The predicted molar refractivity (Wildman–Crippen MR) is 108 cm³/mol. The molecule has 6 heteroatoms. The van der Waals surface area contributed by atoms with Crippen molar-refractivity contribution in [2.75, 3.05) is 32.2 Å². The van der Waals surface area contributed by atoms with Crippen molar-refractivity contribution in [3.8, 4) is 5.75 Å². The van der Waals surface area contributed by atoms with Crippen molar-refractivity contribution in [1.82, 2.24) is 0 Å². The third-order valence-electron chi connectivity index (χ3n) is 3.75. The zero-order chi connectivity index (χ0) is 18.8. The summed E-state index contributed by atoms with van der Waals surface area (Å²) in [5.74, 6) is 0.573. The third-order valence-corrected chi connectivity index (χ3v) is 6.67. The van der Waals surface area contributed by atoms with Gasteiger partial charge in [-0.1, -0.05) is 30.3 Å². The van der Waals surface area contributed by atoms with Gasteiger partial charge < -0.3 is 10.1 Å². The Morgan fingerprint density at radius 3 is 1.81 bits per heavy atom. The van der Waals surface area contributed by atoms with Gasteiger partial charge in [-0.25, -0.2) is 0 Å². The SMILES string of the molecule is CCO[P+](OCC)(OCC)C(Nc1ccc(OC)cc1)c1ccccc1. The van der Waals surface area contributed by atoms with Crippen LogP contribution in [-0.2, 0) is 13.6 Å². The molecular formula is C20H29NO4P+. The van der Waals surface area contributed by atoms with Crippen LogP contribution in [0.4, 0.5) is 5.69 Å². The van der Waals surface area contributed by atoms with E-state index in [4.69, 9.17) is 18.3 Å². The maximum Gasteiger partial charge on any atom is 0.440 e. The van der Waals surface area contributed by atoms with Crippen LogP contribution >= 0.6 is 7.94 Å². The average Bonchev–Trinajstić information content (AvgIpc) is 2.68. The summed E-state index contributed by atoms with van der Waals surface area (Å²) in [5.41, 5.74) is 2.01. The molecule has 0 aliphatic carbocycles. The first-order chi connectivity index (χ1) is 12.7. The number of rotatable bonds is 11. The fraction of sp³-hybridized carbons (Fsp3) is 0.400. The van der Waals surface area contributed by atoms with Gasteiger partial charge in [-0.2, -0.15) is 13.6 Å². The lowest BCUT2D eigenvalue weighted by Gasteiger charge is -2.29. The van der Waals surface area contributed by atoms with E-state index in [9.17, 15) is 0 Å². The van der Waals surface area contributed by atoms with Crippen LogP contribution in [0.3, 0.4) is 0 Å². The van der Waals surface area contributed by atoms with Crippen molar-refractivity contribution in [3.63, 3.8) is 0 Å². The number of nitrogens with one attached hydrogen (secondary N) is 1. The van der Waals surface area contributed by atoms with Gasteiger partial charge in [0, 0.05) is 11.3 Å². The molecule has 1 N–H and O–H groups in total. The van der Waals surface area contributed by atoms with Crippen LogP contribution < -0.4 is 10.1 Å². The highest BCUT2D eigenvalue weighted by Gasteiger charge is 2.54. The molecule has 26 heavy (non-hydrogen) atoms. The van der Waals surface area contributed by atoms with Crippen LogP contribution in [0.5, 0.6) is 5.75 Å². The summed E-state index contributed by atoms with van der Waals surface area (Å²) in [6.45, 7) is 7.43. The average molecular weight is 378 g/mol. The van der Waals surface area contributed by atoms with E-state index in [0.29, 0.717) is 19.8 Å². The molecule has 2 rings (SSSR count). The topological polar surface area (TPSA) is 49.0 Å². The highest BCUT2D eigenvalue weighted by molar-refractivity contribution is 7.62. The Bertz CT molecular complexity index is 619. The number of anilines is 1. The third kappa shape index (κ3) is 5.18. The van der Waals surface area contributed by atoms with Gasteiger partial charge in [-0.15, -0.1) is 0 Å². The number of hydrogen-bond donors (Lipinski definition) is 1. The van der Waals surface area contributed by atoms with Gasteiger partial charge in [0.2, 0.25) is 5.78 Å². The minimum Gasteiger partial charge on any atom is -0.497 e. The number of methoxy groups -OCH3 is 1. The second-order valence-corrected chi connectivity index (χ2v) is 7.85. The summed E-state index contributed by atoms with van der Waals surface area (Å²) < 4.78 is 23.6. The molecule has 0 saturated carbocycles. The molecular weight excluding hydrogens is 349 g/mol. The lowest BCUT2D eigenvalue weighted by atomic mass is 10.2. The van der Waals surface area contributed by atoms with E-state index in [2.05, 4.69) is 17.4 Å². The molecule has 1 atom stereocenters. The van der Waals surface area contributed by atoms with Crippen LogP contribution in [0.15, 0.2) is 54.6 Å². The molecule has 2 aromatic rings. The van der Waals surface area contributed by atoms with E-state index >= 15 is 0 Å². The number of hydrogen-bond acceptors (Lipinski definition) is 5. The monoisotopic (exact) mass is 378 g/mol. The highest BCUT2D eigenvalue weighted by atomic mass is 31.2. The van der Waals surface area contributed by atoms with Crippen molar-refractivity contribution in [2.24, 2.45) is 0 Å². The highest BCUT2D eigenvalue weighted by Crippen LogP contribution is 2.72. The minimum absolute atomic E-state index is 0.239. The smallest absolute Gasteiger partial charge is 0.440 e. The first-order valence-corrected chi connectivity index (χ1v) is 10.6. The van der Waals surface area contributed by atoms with Crippen molar-refractivity contribution in [3.05, 3.63) is 60.2 Å². The van der Waals surface area contributed by atoms with Gasteiger partial charge in [0.05, 0.1) is 26.9 Å². The molecule has 142 valence electrons. The molecule has 0 aromatic heterocycles. The lowest BCUT2D eigenvalue weighted by Crippen LogP contribution is -2.21. The van der Waals surface area contributed by atoms with Crippen LogP contribution in [0.25, 0.3) is 0 Å². The second kappa shape index (κ2) is 10.5. The standard InChI is InChI=1S/C20H29NO4P/c1-5-23-26(24-6-2,25-7-3)20(17-11-9-8-10-12-17)21-18-13-15-19(22-4)16-14-18/h8-16,20-21H,5-7H2,1-4H3/q+1. The van der Waals surface area contributed by atoms with Crippen LogP contribution in [0.1, 0.15) is 32.1 Å². The molecule has 5 nitrogen and oxygen atoms in total. The Morgan fingerprint density at radius 1 is 0.808 bits per heavy atom. The van der Waals surface area contributed by atoms with E-state index in [1.165, 1.54) is 0 Å². The normalized spacial score (nSPS) is 12.6. The van der Waals surface area contributed by atoms with E-state index in [1.807, 2.05) is 63.2 Å². The maximum absolute atomic E-state index is 6.12. The first-order valence-electron chi connectivity index (χ1n) is 8.97. The van der Waals surface area contributed by atoms with E-state index in [-0.39, 0.29) is 5.78 Å². The van der Waals surface area contributed by atoms with Crippen molar-refractivity contribution in [1.29, 1.82) is 0 Å². The summed E-state index contributed by atoms with van der Waals surface area (Å²) in [5, 5.41) is 3.56. The van der Waals surface area contributed by atoms with Gasteiger partial charge in [0.25, 0.3) is 0 Å². The van der Waals surface area contributed by atoms with Gasteiger partial charge in [0.1, 0.15) is 5.75 Å². The van der Waals surface area contributed by atoms with Crippen molar-refractivity contribution < 1.29 is 18.3 Å². The quantitative estimate of drug-likeness (QED) is 0.510. The van der Waals surface area contributed by atoms with Gasteiger partial charge in [0.15, 0.2) is 0 Å². The minimum atomic E-state index is -2.65. The largest absolute Gasteiger partial charge is 0.497 e. The zero-order valence-electron chi connectivity index (χ0n) is 16.0. The van der Waals surface area contributed by atoms with Crippen LogP contribution in [0.2, 0.25) is 0 Å². The Morgan fingerprint density at radius 2 is 1.35 bits per heavy atom. The summed E-state index contributed by atoms with van der Waals surface area (Å²) in [4.78, 5) is 0. The van der Waals surface area contributed by atoms with Crippen molar-refractivity contribution in [2.45, 2.75) is 26.6 Å². The Balaban J connectivity index is 2.43. The zero-order valence-corrected chi connectivity index (χ0v) is 16.9. The summed E-state index contributed by atoms with van der Waals surface area (Å²) in [7, 11) is -0.997. The van der Waals surface area contributed by atoms with E-state index < -0.39 is 7.94 Å². The predicted octanol–water partition coefficient (Wildman–Crippen LogP) is 5.68. The summed E-state index contributed by atoms with van der Waals surface area (Å²) in [6.07, 6.45) is 0. The molecule has 2 aromatic carbocycles. The second-order valence-electron chi connectivity index (χ2n) is 5.48. The van der Waals surface area contributed by atoms with Gasteiger partial charge in [-0.05, 0) is 45.0 Å². The van der Waals surface area contributed by atoms with Gasteiger partial charge in [-0.3, -0.25) is 0 Å². The molecule has 0 amide bonds. The Labute approximate surface area is 157 Å². The van der Waals surface area contributed by atoms with Gasteiger partial charge >= 0.3 is 7.94 Å². The maximum atomic E-state index is 6.12. The molecule has 0 saturated heterocycles. The fourth-order valence-electron chi connectivity index (χ4n) is 2.70. The molecule has 0 spiro atoms. The fourth-order valence-corrected chi connectivity index (χ4v) is 5.30. The summed E-state index contributed by atoms with van der Waals surface area (Å²) >= 11 is 0. The lowest BCUT2D eigenvalue weighted by molar-refractivity contribution is 0.144. The molecule has 0 aliphatic heterocycles. The van der Waals surface area contributed by atoms with Crippen LogP contribution in [0, 0.1) is 0 Å². The van der Waals surface area contributed by atoms with E-state index in [1.54, 1.807) is 7.11 Å². The molecule has 0 radical (unpaired) electrons. The molecule has 0 bridgehead atoms. The molecule has 0 fully saturated rings. The first kappa shape index (κ1) is 20.7. The Kier molecular flexibility index (Phi) is 8.33. The number of ether oxygens (including phenoxy) is 1. The van der Waals surface area contributed by atoms with Crippen LogP contribution in [-0.4, -0.2) is 26.9 Å². The van der Waals surface area contributed by atoms with E-state index in [0.717, 1.165) is 17.0 Å². The molecule has 1 unspecified atom stereocenters. The number of benzene rings is 2. The summed E-state index contributed by atoms with van der Waals surface area (Å²) in [6, 6.07) is 17.9. The molecule has 0 aliphatic rings. The van der Waals surface area contributed by atoms with Crippen molar-refractivity contribution >= 4 is 13.6 Å².